The molecule has 0 unspecified atom stereocenters. The van der Waals surface area contributed by atoms with Gasteiger partial charge in [0.2, 0.25) is 5.91 Å². The molecule has 0 saturated carbocycles. The summed E-state index contributed by atoms with van der Waals surface area (Å²) in [5.74, 6) is 0.276. The van der Waals surface area contributed by atoms with E-state index in [0.29, 0.717) is 4.99 Å². The summed E-state index contributed by atoms with van der Waals surface area (Å²) in [6.07, 6.45) is 1.76. The van der Waals surface area contributed by atoms with E-state index in [9.17, 15) is 4.79 Å². The molecule has 20 heavy (non-hydrogen) atoms. The Morgan fingerprint density at radius 1 is 1.45 bits per heavy atom. The van der Waals surface area contributed by atoms with E-state index in [1.165, 1.54) is 0 Å². The van der Waals surface area contributed by atoms with Crippen molar-refractivity contribution in [3.63, 3.8) is 0 Å². The van der Waals surface area contributed by atoms with Gasteiger partial charge in [-0.25, -0.2) is 0 Å². The summed E-state index contributed by atoms with van der Waals surface area (Å²) in [6.45, 7) is 1.76. The molecule has 0 atom stereocenters. The summed E-state index contributed by atoms with van der Waals surface area (Å²) in [6, 6.07) is 5.91. The second-order valence-electron chi connectivity index (χ2n) is 4.91. The van der Waals surface area contributed by atoms with Crippen LogP contribution >= 0.6 is 28.1 Å². The van der Waals surface area contributed by atoms with Gasteiger partial charge >= 0.3 is 0 Å². The molecule has 6 heteroatoms. The van der Waals surface area contributed by atoms with E-state index in [1.54, 1.807) is 7.05 Å². The van der Waals surface area contributed by atoms with Crippen LogP contribution < -0.4 is 16.0 Å². The number of amides is 1. The lowest BCUT2D eigenvalue weighted by Crippen LogP contribution is -2.39. The van der Waals surface area contributed by atoms with Gasteiger partial charge in [0.1, 0.15) is 4.99 Å². The van der Waals surface area contributed by atoms with Gasteiger partial charge in [0, 0.05) is 36.1 Å². The van der Waals surface area contributed by atoms with Crippen molar-refractivity contribution in [2.75, 3.05) is 25.0 Å². The van der Waals surface area contributed by atoms with Gasteiger partial charge in [0.15, 0.2) is 0 Å². The number of nitrogens with one attached hydrogen (secondary N) is 1. The summed E-state index contributed by atoms with van der Waals surface area (Å²) in [5.41, 5.74) is 7.61. The lowest BCUT2D eigenvalue weighted by atomic mass is 9.95. The largest absolute Gasteiger partial charge is 0.389 e. The van der Waals surface area contributed by atoms with Gasteiger partial charge in [-0.15, -0.1) is 0 Å². The van der Waals surface area contributed by atoms with Crippen LogP contribution in [0, 0.1) is 5.92 Å². The van der Waals surface area contributed by atoms with E-state index >= 15 is 0 Å². The minimum absolute atomic E-state index is 0.130. The predicted octanol–water partition coefficient (Wildman–Crippen LogP) is 2.05. The Balaban J connectivity index is 2.07. The monoisotopic (exact) mass is 355 g/mol. The van der Waals surface area contributed by atoms with Crippen molar-refractivity contribution >= 4 is 44.7 Å². The van der Waals surface area contributed by atoms with Gasteiger partial charge < -0.3 is 16.0 Å². The molecule has 0 radical (unpaired) electrons. The summed E-state index contributed by atoms with van der Waals surface area (Å²) >= 11 is 8.55. The molecule has 1 heterocycles. The normalized spacial score (nSPS) is 16.0. The number of piperidine rings is 1. The fourth-order valence-electron chi connectivity index (χ4n) is 2.50. The zero-order chi connectivity index (χ0) is 14.7. The van der Waals surface area contributed by atoms with Crippen molar-refractivity contribution in [1.82, 2.24) is 5.32 Å². The van der Waals surface area contributed by atoms with Gasteiger partial charge in [-0.1, -0.05) is 12.2 Å². The average Bonchev–Trinajstić information content (AvgIpc) is 2.46. The van der Waals surface area contributed by atoms with Crippen LogP contribution in [0.3, 0.4) is 0 Å². The third kappa shape index (κ3) is 3.30. The molecule has 0 aliphatic carbocycles. The number of nitrogens with two attached hydrogens (primary N) is 1. The highest BCUT2D eigenvalue weighted by molar-refractivity contribution is 9.10. The van der Waals surface area contributed by atoms with Crippen LogP contribution in [0.2, 0.25) is 0 Å². The van der Waals surface area contributed by atoms with E-state index in [2.05, 4.69) is 26.1 Å². The maximum absolute atomic E-state index is 11.6. The molecule has 1 saturated heterocycles. The van der Waals surface area contributed by atoms with Gasteiger partial charge in [-0.3, -0.25) is 4.79 Å². The SMILES string of the molecule is CNC(=O)C1CCN(c2ccc(C(N)=S)cc2Br)CC1. The zero-order valence-electron chi connectivity index (χ0n) is 11.4. The Morgan fingerprint density at radius 3 is 2.60 bits per heavy atom. The van der Waals surface area contributed by atoms with Crippen LogP contribution in [0.25, 0.3) is 0 Å². The molecule has 1 aromatic rings. The summed E-state index contributed by atoms with van der Waals surface area (Å²) in [4.78, 5) is 14.3. The molecule has 1 aliphatic rings. The number of halogens is 1. The van der Waals surface area contributed by atoms with E-state index in [1.807, 2.05) is 18.2 Å². The summed E-state index contributed by atoms with van der Waals surface area (Å²) in [5, 5.41) is 2.73. The Hall–Kier alpha value is -1.14. The van der Waals surface area contributed by atoms with E-state index in [-0.39, 0.29) is 11.8 Å². The number of hydrogen-bond acceptors (Lipinski definition) is 3. The molecule has 1 aromatic carbocycles. The maximum Gasteiger partial charge on any atom is 0.222 e. The van der Waals surface area contributed by atoms with Crippen molar-refractivity contribution in [3.05, 3.63) is 28.2 Å². The molecule has 0 spiro atoms. The van der Waals surface area contributed by atoms with E-state index in [0.717, 1.165) is 41.7 Å². The van der Waals surface area contributed by atoms with Crippen LogP contribution in [0.15, 0.2) is 22.7 Å². The third-order valence-corrected chi connectivity index (χ3v) is 4.56. The quantitative estimate of drug-likeness (QED) is 0.814. The average molecular weight is 356 g/mol. The van der Waals surface area contributed by atoms with Gasteiger partial charge in [-0.05, 0) is 47.0 Å². The maximum atomic E-state index is 11.6. The van der Waals surface area contributed by atoms with Crippen LogP contribution in [-0.4, -0.2) is 31.0 Å². The van der Waals surface area contributed by atoms with E-state index < -0.39 is 0 Å². The smallest absolute Gasteiger partial charge is 0.222 e. The minimum atomic E-state index is 0.130. The van der Waals surface area contributed by atoms with Gasteiger partial charge in [-0.2, -0.15) is 0 Å². The van der Waals surface area contributed by atoms with Gasteiger partial charge in [0.05, 0.1) is 5.69 Å². The fraction of sp³-hybridized carbons (Fsp3) is 0.429. The Labute approximate surface area is 132 Å². The molecule has 1 fully saturated rings. The first kappa shape index (κ1) is 15.3. The fourth-order valence-corrected chi connectivity index (χ4v) is 3.26. The molecular formula is C14H18BrN3OS. The minimum Gasteiger partial charge on any atom is -0.389 e. The third-order valence-electron chi connectivity index (χ3n) is 3.69. The van der Waals surface area contributed by atoms with Crippen LogP contribution in [0.1, 0.15) is 18.4 Å². The number of anilines is 1. The highest BCUT2D eigenvalue weighted by Gasteiger charge is 2.25. The number of carbonyl (C=O) groups is 1. The van der Waals surface area contributed by atoms with Crippen molar-refractivity contribution in [2.45, 2.75) is 12.8 Å². The molecular weight excluding hydrogens is 338 g/mol. The van der Waals surface area contributed by atoms with Crippen LogP contribution in [0.4, 0.5) is 5.69 Å². The highest BCUT2D eigenvalue weighted by atomic mass is 79.9. The lowest BCUT2D eigenvalue weighted by molar-refractivity contribution is -0.125. The van der Waals surface area contributed by atoms with Crippen molar-refractivity contribution in [1.29, 1.82) is 0 Å². The van der Waals surface area contributed by atoms with E-state index in [4.69, 9.17) is 18.0 Å². The molecule has 2 rings (SSSR count). The number of rotatable bonds is 3. The summed E-state index contributed by atoms with van der Waals surface area (Å²) < 4.78 is 0.987. The zero-order valence-corrected chi connectivity index (χ0v) is 13.8. The standard InChI is InChI=1S/C14H18BrN3OS/c1-17-14(19)9-4-6-18(7-5-9)12-3-2-10(13(16)20)8-11(12)15/h2-3,8-9H,4-7H2,1H3,(H2,16,20)(H,17,19). The van der Waals surface area contributed by atoms with Crippen LogP contribution in [-0.2, 0) is 4.79 Å². The number of benzene rings is 1. The summed E-state index contributed by atoms with van der Waals surface area (Å²) in [7, 11) is 1.69. The highest BCUT2D eigenvalue weighted by Crippen LogP contribution is 2.30. The lowest BCUT2D eigenvalue weighted by Gasteiger charge is -2.33. The first-order valence-corrected chi connectivity index (χ1v) is 7.79. The van der Waals surface area contributed by atoms with Crippen molar-refractivity contribution in [3.8, 4) is 0 Å². The number of nitrogens with zero attached hydrogens (tertiary/aromatic N) is 1. The predicted molar refractivity (Wildman–Crippen MR) is 89.0 cm³/mol. The number of carbonyl (C=O) groups excluding carboxylic acids is 1. The molecule has 4 nitrogen and oxygen atoms in total. The Morgan fingerprint density at radius 2 is 2.10 bits per heavy atom. The topological polar surface area (TPSA) is 58.4 Å². The second-order valence-corrected chi connectivity index (χ2v) is 6.20. The molecule has 1 amide bonds. The molecule has 1 aliphatic heterocycles. The first-order chi connectivity index (χ1) is 9.52. The molecule has 0 aromatic heterocycles. The van der Waals surface area contributed by atoms with Crippen LogP contribution in [0.5, 0.6) is 0 Å². The molecule has 3 N–H and O–H groups in total. The Kier molecular flexibility index (Phi) is 4.99. The number of hydrogen-bond donors (Lipinski definition) is 2. The van der Waals surface area contributed by atoms with Crippen molar-refractivity contribution in [2.24, 2.45) is 11.7 Å². The Bertz CT molecular complexity index is 527. The second kappa shape index (κ2) is 6.54. The van der Waals surface area contributed by atoms with Crippen molar-refractivity contribution < 1.29 is 4.79 Å². The number of thiocarbonyl (C=S) groups is 1. The first-order valence-electron chi connectivity index (χ1n) is 6.59. The molecule has 108 valence electrons. The van der Waals surface area contributed by atoms with Gasteiger partial charge in [0.25, 0.3) is 0 Å². The molecule has 0 bridgehead atoms.